The van der Waals surface area contributed by atoms with E-state index >= 15 is 0 Å². The van der Waals surface area contributed by atoms with E-state index in [9.17, 15) is 9.66 Å². The van der Waals surface area contributed by atoms with Crippen molar-refractivity contribution in [3.8, 4) is 0 Å². The topological polar surface area (TPSA) is 64.5 Å². The van der Waals surface area contributed by atoms with Crippen LogP contribution < -0.4 is 4.72 Å². The summed E-state index contributed by atoms with van der Waals surface area (Å²) in [5.74, 6) is 0. The van der Waals surface area contributed by atoms with Crippen LogP contribution in [0.5, 0.6) is 0 Å². The monoisotopic (exact) mass is 247 g/mol. The van der Waals surface area contributed by atoms with Crippen LogP contribution in [0.2, 0.25) is 0 Å². The van der Waals surface area contributed by atoms with Crippen molar-refractivity contribution in [1.82, 2.24) is 4.72 Å². The van der Waals surface area contributed by atoms with Crippen molar-refractivity contribution >= 4 is 11.4 Å². The molecule has 2 N–H and O–H groups in total. The van der Waals surface area contributed by atoms with Gasteiger partial charge in [-0.1, -0.05) is 0 Å². The van der Waals surface area contributed by atoms with Crippen molar-refractivity contribution < 1.29 is 14.4 Å². The molecule has 1 rings (SSSR count). The minimum absolute atomic E-state index is 0.0691. The molecule has 1 aliphatic heterocycles. The molecule has 16 heavy (non-hydrogen) atoms. The van der Waals surface area contributed by atoms with Gasteiger partial charge in [-0.25, -0.2) is 0 Å². The molecule has 3 atom stereocenters. The lowest BCUT2D eigenvalue weighted by atomic mass is 10.1. The molecule has 0 aromatic rings. The fourth-order valence-corrected chi connectivity index (χ4v) is 2.25. The van der Waals surface area contributed by atoms with E-state index in [0.717, 1.165) is 12.8 Å². The first-order chi connectivity index (χ1) is 7.45. The van der Waals surface area contributed by atoms with Gasteiger partial charge in [-0.2, -0.15) is 0 Å². The molecule has 0 spiro atoms. The van der Waals surface area contributed by atoms with E-state index in [2.05, 4.69) is 4.72 Å². The van der Waals surface area contributed by atoms with Crippen molar-refractivity contribution in [2.45, 2.75) is 50.5 Å². The smallest absolute Gasteiger partial charge is 0.136 e. The zero-order valence-corrected chi connectivity index (χ0v) is 10.9. The maximum Gasteiger partial charge on any atom is 0.136 e. The van der Waals surface area contributed by atoms with Crippen molar-refractivity contribution in [3.63, 3.8) is 0 Å². The van der Waals surface area contributed by atoms with Crippen LogP contribution in [-0.2, 0) is 16.1 Å². The molecule has 94 valence electrons. The molecule has 0 bridgehead atoms. The third-order valence-electron chi connectivity index (χ3n) is 2.43. The Labute approximate surface area is 100 Å². The quantitative estimate of drug-likeness (QED) is 0.730. The number of nitrogens with one attached hydrogen (secondary N) is 1. The molecule has 0 unspecified atom stereocenters. The summed E-state index contributed by atoms with van der Waals surface area (Å²) in [6.07, 6.45) is 5.28. The lowest BCUT2D eigenvalue weighted by Crippen LogP contribution is -2.51. The first kappa shape index (κ1) is 13.8. The van der Waals surface area contributed by atoms with E-state index < -0.39 is 11.4 Å². The SMILES string of the molecule is CC(C)(C)[S@@+]([O-])N[C@H](CO)[C@@H]1CCC=CO1. The Morgan fingerprint density at radius 1 is 1.62 bits per heavy atom. The summed E-state index contributed by atoms with van der Waals surface area (Å²) in [6, 6.07) is -0.273. The zero-order valence-electron chi connectivity index (χ0n) is 10.1. The molecule has 0 saturated heterocycles. The number of ether oxygens (including phenoxy) is 1. The molecule has 0 aromatic carbocycles. The molecule has 1 aliphatic rings. The molecule has 0 aromatic heterocycles. The Hall–Kier alpha value is -0.230. The Morgan fingerprint density at radius 3 is 2.75 bits per heavy atom. The molecule has 0 amide bonds. The van der Waals surface area contributed by atoms with Crippen molar-refractivity contribution in [2.75, 3.05) is 6.61 Å². The third kappa shape index (κ3) is 3.97. The Balaban J connectivity index is 2.51. The second-order valence-electron chi connectivity index (χ2n) is 4.91. The number of aliphatic hydroxyl groups excluding tert-OH is 1. The Morgan fingerprint density at radius 2 is 2.31 bits per heavy atom. The molecule has 0 saturated carbocycles. The average molecular weight is 247 g/mol. The van der Waals surface area contributed by atoms with E-state index in [1.54, 1.807) is 6.26 Å². The van der Waals surface area contributed by atoms with E-state index in [1.807, 2.05) is 26.8 Å². The fourth-order valence-electron chi connectivity index (χ4n) is 1.39. The van der Waals surface area contributed by atoms with Crippen molar-refractivity contribution in [1.29, 1.82) is 0 Å². The van der Waals surface area contributed by atoms with Gasteiger partial charge in [0, 0.05) is 11.4 Å². The Kier molecular flexibility index (Phi) is 5.11. The summed E-state index contributed by atoms with van der Waals surface area (Å²) in [4.78, 5) is 0. The normalized spacial score (nSPS) is 24.9. The van der Waals surface area contributed by atoms with Gasteiger partial charge >= 0.3 is 0 Å². The van der Waals surface area contributed by atoms with Gasteiger partial charge in [0.1, 0.15) is 16.9 Å². The molecule has 1 heterocycles. The van der Waals surface area contributed by atoms with Gasteiger partial charge in [-0.15, -0.1) is 4.72 Å². The predicted octanol–water partition coefficient (Wildman–Crippen LogP) is 1.09. The number of hydrogen-bond donors (Lipinski definition) is 2. The fraction of sp³-hybridized carbons (Fsp3) is 0.818. The predicted molar refractivity (Wildman–Crippen MR) is 65.2 cm³/mol. The van der Waals surface area contributed by atoms with Crippen LogP contribution in [0.3, 0.4) is 0 Å². The van der Waals surface area contributed by atoms with Crippen LogP contribution in [0, 0.1) is 0 Å². The molecule has 0 fully saturated rings. The first-order valence-corrected chi connectivity index (χ1v) is 6.69. The van der Waals surface area contributed by atoms with Crippen molar-refractivity contribution in [2.24, 2.45) is 0 Å². The number of rotatable bonds is 4. The summed E-state index contributed by atoms with van der Waals surface area (Å²) in [5.41, 5.74) is 0. The Bertz CT molecular complexity index is 240. The number of aliphatic hydroxyl groups is 1. The molecule has 0 radical (unpaired) electrons. The summed E-state index contributed by atoms with van der Waals surface area (Å²) >= 11 is -1.18. The number of hydrogen-bond acceptors (Lipinski definition) is 4. The molecule has 5 heteroatoms. The second-order valence-corrected chi connectivity index (χ2v) is 6.91. The summed E-state index contributed by atoms with van der Waals surface area (Å²) in [6.45, 7) is 5.62. The third-order valence-corrected chi connectivity index (χ3v) is 4.06. The first-order valence-electron chi connectivity index (χ1n) is 5.54. The van der Waals surface area contributed by atoms with Crippen LogP contribution in [0.15, 0.2) is 12.3 Å². The summed E-state index contributed by atoms with van der Waals surface area (Å²) in [7, 11) is 0. The molecule has 0 aliphatic carbocycles. The van der Waals surface area contributed by atoms with E-state index in [4.69, 9.17) is 4.74 Å². The highest BCUT2D eigenvalue weighted by Crippen LogP contribution is 2.18. The standard InChI is InChI=1S/C11H21NO3S/c1-11(2,3)16(14)12-9(8-13)10-6-4-5-7-15-10/h5,7,9-10,12-13H,4,6,8H2,1-3H3/t9-,10+,16-/m1/s1. The lowest BCUT2D eigenvalue weighted by molar-refractivity contribution is 0.0682. The highest BCUT2D eigenvalue weighted by Gasteiger charge is 2.33. The van der Waals surface area contributed by atoms with Crippen LogP contribution in [0.25, 0.3) is 0 Å². The maximum atomic E-state index is 11.9. The van der Waals surface area contributed by atoms with E-state index in [0.29, 0.717) is 0 Å². The largest absolute Gasteiger partial charge is 0.598 e. The molecular formula is C11H21NO3S. The van der Waals surface area contributed by atoms with Gasteiger partial charge in [0.15, 0.2) is 0 Å². The molecular weight excluding hydrogens is 226 g/mol. The highest BCUT2D eigenvalue weighted by atomic mass is 32.2. The van der Waals surface area contributed by atoms with E-state index in [1.165, 1.54) is 0 Å². The van der Waals surface area contributed by atoms with Gasteiger partial charge in [0.25, 0.3) is 0 Å². The van der Waals surface area contributed by atoms with Gasteiger partial charge in [0.2, 0.25) is 0 Å². The van der Waals surface area contributed by atoms with Crippen LogP contribution in [0.4, 0.5) is 0 Å². The van der Waals surface area contributed by atoms with Gasteiger partial charge in [-0.05, 0) is 39.7 Å². The van der Waals surface area contributed by atoms with Crippen LogP contribution >= 0.6 is 0 Å². The van der Waals surface area contributed by atoms with Crippen LogP contribution in [-0.4, -0.2) is 33.2 Å². The number of allylic oxidation sites excluding steroid dienone is 1. The average Bonchev–Trinajstić information content (AvgIpc) is 2.25. The summed E-state index contributed by atoms with van der Waals surface area (Å²) in [5, 5.41) is 9.29. The highest BCUT2D eigenvalue weighted by molar-refractivity contribution is 7.90. The minimum atomic E-state index is -1.18. The molecule has 4 nitrogen and oxygen atoms in total. The van der Waals surface area contributed by atoms with E-state index in [-0.39, 0.29) is 23.5 Å². The van der Waals surface area contributed by atoms with Gasteiger partial charge in [-0.3, -0.25) is 0 Å². The van der Waals surface area contributed by atoms with Gasteiger partial charge < -0.3 is 14.4 Å². The summed E-state index contributed by atoms with van der Waals surface area (Å²) < 4.78 is 19.9. The zero-order chi connectivity index (χ0) is 12.2. The second kappa shape index (κ2) is 5.91. The van der Waals surface area contributed by atoms with Crippen molar-refractivity contribution in [3.05, 3.63) is 12.3 Å². The van der Waals surface area contributed by atoms with Crippen LogP contribution in [0.1, 0.15) is 33.6 Å². The lowest BCUT2D eigenvalue weighted by Gasteiger charge is -2.31. The van der Waals surface area contributed by atoms with Gasteiger partial charge in [0.05, 0.1) is 12.9 Å². The maximum absolute atomic E-state index is 11.9. The minimum Gasteiger partial charge on any atom is -0.598 e.